The van der Waals surface area contributed by atoms with E-state index in [9.17, 15) is 5.11 Å². The molecule has 0 bridgehead atoms. The van der Waals surface area contributed by atoms with Gasteiger partial charge in [-0.2, -0.15) is 0 Å². The Bertz CT molecular complexity index is 321. The van der Waals surface area contributed by atoms with Gasteiger partial charge in [0.25, 0.3) is 0 Å². The predicted octanol–water partition coefficient (Wildman–Crippen LogP) is 1.81. The molecule has 0 aromatic heterocycles. The standard InChI is InChI=1S/C11H16O3/c1-7-4-5-9(14-3)10(11(7)13)8(2)6-12/h4-5,8,12-13H,6H2,1-3H3. The highest BCUT2D eigenvalue weighted by Gasteiger charge is 2.16. The molecule has 0 heterocycles. The second-order valence-electron chi connectivity index (χ2n) is 3.43. The lowest BCUT2D eigenvalue weighted by molar-refractivity contribution is 0.266. The van der Waals surface area contributed by atoms with Crippen molar-refractivity contribution in [3.63, 3.8) is 0 Å². The zero-order valence-electron chi connectivity index (χ0n) is 8.74. The third kappa shape index (κ3) is 1.82. The third-order valence-corrected chi connectivity index (χ3v) is 2.37. The zero-order chi connectivity index (χ0) is 10.7. The summed E-state index contributed by atoms with van der Waals surface area (Å²) >= 11 is 0. The van der Waals surface area contributed by atoms with Gasteiger partial charge in [-0.05, 0) is 18.6 Å². The lowest BCUT2D eigenvalue weighted by Crippen LogP contribution is -2.03. The molecule has 0 saturated carbocycles. The maximum atomic E-state index is 9.82. The fourth-order valence-corrected chi connectivity index (χ4v) is 1.44. The summed E-state index contributed by atoms with van der Waals surface area (Å²) in [5.41, 5.74) is 1.47. The van der Waals surface area contributed by atoms with Crippen LogP contribution in [0.3, 0.4) is 0 Å². The molecule has 3 heteroatoms. The van der Waals surface area contributed by atoms with Gasteiger partial charge in [-0.25, -0.2) is 0 Å². The van der Waals surface area contributed by atoms with E-state index in [1.165, 1.54) is 0 Å². The molecule has 1 aromatic carbocycles. The number of aliphatic hydroxyl groups excluding tert-OH is 1. The molecule has 0 aliphatic carbocycles. The van der Waals surface area contributed by atoms with Gasteiger partial charge in [-0.1, -0.05) is 13.0 Å². The summed E-state index contributed by atoms with van der Waals surface area (Å²) in [6.07, 6.45) is 0. The Morgan fingerprint density at radius 1 is 1.43 bits per heavy atom. The molecule has 14 heavy (non-hydrogen) atoms. The molecule has 0 fully saturated rings. The Morgan fingerprint density at radius 3 is 2.57 bits per heavy atom. The van der Waals surface area contributed by atoms with Crippen LogP contribution in [-0.2, 0) is 0 Å². The van der Waals surface area contributed by atoms with Crippen molar-refractivity contribution in [2.75, 3.05) is 13.7 Å². The molecule has 0 spiro atoms. The number of rotatable bonds is 3. The Morgan fingerprint density at radius 2 is 2.07 bits per heavy atom. The van der Waals surface area contributed by atoms with Crippen LogP contribution in [0.25, 0.3) is 0 Å². The van der Waals surface area contributed by atoms with E-state index in [1.54, 1.807) is 19.2 Å². The summed E-state index contributed by atoms with van der Waals surface area (Å²) < 4.78 is 5.13. The van der Waals surface area contributed by atoms with Gasteiger partial charge >= 0.3 is 0 Å². The van der Waals surface area contributed by atoms with Gasteiger partial charge in [0.2, 0.25) is 0 Å². The number of methoxy groups -OCH3 is 1. The number of hydrogen-bond donors (Lipinski definition) is 2. The summed E-state index contributed by atoms with van der Waals surface area (Å²) in [6.45, 7) is 3.66. The van der Waals surface area contributed by atoms with Crippen LogP contribution in [0, 0.1) is 6.92 Å². The first-order valence-corrected chi connectivity index (χ1v) is 4.59. The average molecular weight is 196 g/mol. The summed E-state index contributed by atoms with van der Waals surface area (Å²) in [6, 6.07) is 3.60. The van der Waals surface area contributed by atoms with Crippen LogP contribution >= 0.6 is 0 Å². The van der Waals surface area contributed by atoms with Gasteiger partial charge < -0.3 is 14.9 Å². The van der Waals surface area contributed by atoms with E-state index in [1.807, 2.05) is 13.8 Å². The molecule has 78 valence electrons. The van der Waals surface area contributed by atoms with Crippen molar-refractivity contribution in [1.29, 1.82) is 0 Å². The zero-order valence-corrected chi connectivity index (χ0v) is 8.74. The number of phenols is 1. The van der Waals surface area contributed by atoms with E-state index < -0.39 is 0 Å². The minimum atomic E-state index is -0.121. The van der Waals surface area contributed by atoms with E-state index in [2.05, 4.69) is 0 Å². The number of aryl methyl sites for hydroxylation is 1. The first kappa shape index (κ1) is 10.9. The molecule has 1 rings (SSSR count). The summed E-state index contributed by atoms with van der Waals surface area (Å²) in [4.78, 5) is 0. The molecule has 1 unspecified atom stereocenters. The second kappa shape index (κ2) is 4.33. The number of aliphatic hydroxyl groups is 1. The van der Waals surface area contributed by atoms with Crippen molar-refractivity contribution in [2.24, 2.45) is 0 Å². The molecule has 0 amide bonds. The molecule has 0 radical (unpaired) electrons. The lowest BCUT2D eigenvalue weighted by Gasteiger charge is -2.16. The highest BCUT2D eigenvalue weighted by Crippen LogP contribution is 2.36. The van der Waals surface area contributed by atoms with Crippen LogP contribution < -0.4 is 4.74 Å². The van der Waals surface area contributed by atoms with E-state index in [0.717, 1.165) is 5.56 Å². The molecule has 3 nitrogen and oxygen atoms in total. The summed E-state index contributed by atoms with van der Waals surface area (Å²) in [5.74, 6) is 0.713. The van der Waals surface area contributed by atoms with E-state index in [-0.39, 0.29) is 18.3 Å². The fourth-order valence-electron chi connectivity index (χ4n) is 1.44. The molecule has 0 aliphatic heterocycles. The molecule has 1 atom stereocenters. The maximum Gasteiger partial charge on any atom is 0.126 e. The Kier molecular flexibility index (Phi) is 3.36. The number of phenolic OH excluding ortho intramolecular Hbond substituents is 1. The third-order valence-electron chi connectivity index (χ3n) is 2.37. The van der Waals surface area contributed by atoms with Crippen LogP contribution in [0.2, 0.25) is 0 Å². The van der Waals surface area contributed by atoms with Crippen molar-refractivity contribution >= 4 is 0 Å². The van der Waals surface area contributed by atoms with E-state index >= 15 is 0 Å². The first-order valence-electron chi connectivity index (χ1n) is 4.59. The quantitative estimate of drug-likeness (QED) is 0.775. The SMILES string of the molecule is COc1ccc(C)c(O)c1C(C)CO. The van der Waals surface area contributed by atoms with Gasteiger partial charge in [-0.15, -0.1) is 0 Å². The van der Waals surface area contributed by atoms with Gasteiger partial charge in [0.05, 0.1) is 7.11 Å². The summed E-state index contributed by atoms with van der Waals surface area (Å²) in [5, 5.41) is 18.9. The van der Waals surface area contributed by atoms with Gasteiger partial charge in [0, 0.05) is 18.1 Å². The highest BCUT2D eigenvalue weighted by molar-refractivity contribution is 5.50. The normalized spacial score (nSPS) is 12.6. The van der Waals surface area contributed by atoms with Gasteiger partial charge in [0.1, 0.15) is 11.5 Å². The topological polar surface area (TPSA) is 49.7 Å². The average Bonchev–Trinajstić information content (AvgIpc) is 2.20. The molecule has 2 N–H and O–H groups in total. The largest absolute Gasteiger partial charge is 0.507 e. The van der Waals surface area contributed by atoms with E-state index in [0.29, 0.717) is 11.3 Å². The van der Waals surface area contributed by atoms with Gasteiger partial charge in [-0.3, -0.25) is 0 Å². The Balaban J connectivity index is 3.27. The maximum absolute atomic E-state index is 9.82. The minimum Gasteiger partial charge on any atom is -0.507 e. The number of ether oxygens (including phenoxy) is 1. The van der Waals surface area contributed by atoms with Crippen LogP contribution in [-0.4, -0.2) is 23.9 Å². The molecule has 1 aromatic rings. The van der Waals surface area contributed by atoms with Crippen molar-refractivity contribution in [2.45, 2.75) is 19.8 Å². The van der Waals surface area contributed by atoms with Crippen LogP contribution in [0.4, 0.5) is 0 Å². The second-order valence-corrected chi connectivity index (χ2v) is 3.43. The predicted molar refractivity (Wildman–Crippen MR) is 54.9 cm³/mol. The Hall–Kier alpha value is -1.22. The summed E-state index contributed by atoms with van der Waals surface area (Å²) in [7, 11) is 1.55. The smallest absolute Gasteiger partial charge is 0.126 e. The number of benzene rings is 1. The monoisotopic (exact) mass is 196 g/mol. The number of hydrogen-bond acceptors (Lipinski definition) is 3. The molecule has 0 aliphatic rings. The molecule has 0 saturated heterocycles. The highest BCUT2D eigenvalue weighted by atomic mass is 16.5. The van der Waals surface area contributed by atoms with Crippen molar-refractivity contribution in [3.05, 3.63) is 23.3 Å². The lowest BCUT2D eigenvalue weighted by atomic mass is 9.97. The van der Waals surface area contributed by atoms with Crippen molar-refractivity contribution < 1.29 is 14.9 Å². The van der Waals surface area contributed by atoms with Crippen LogP contribution in [0.5, 0.6) is 11.5 Å². The van der Waals surface area contributed by atoms with Crippen LogP contribution in [0.15, 0.2) is 12.1 Å². The van der Waals surface area contributed by atoms with E-state index in [4.69, 9.17) is 9.84 Å². The molecular weight excluding hydrogens is 180 g/mol. The van der Waals surface area contributed by atoms with Crippen molar-refractivity contribution in [1.82, 2.24) is 0 Å². The van der Waals surface area contributed by atoms with Crippen LogP contribution in [0.1, 0.15) is 24.0 Å². The van der Waals surface area contributed by atoms with Crippen molar-refractivity contribution in [3.8, 4) is 11.5 Å². The number of aromatic hydroxyl groups is 1. The molecular formula is C11H16O3. The fraction of sp³-hybridized carbons (Fsp3) is 0.455. The van der Waals surface area contributed by atoms with Gasteiger partial charge in [0.15, 0.2) is 0 Å². The Labute approximate surface area is 84.0 Å². The minimum absolute atomic E-state index is 0.00657. The first-order chi connectivity index (χ1) is 6.61.